The molecule has 0 N–H and O–H groups in total. The van der Waals surface area contributed by atoms with E-state index in [-0.39, 0.29) is 28.9 Å². The Morgan fingerprint density at radius 2 is 1.77 bits per heavy atom. The lowest BCUT2D eigenvalue weighted by Crippen LogP contribution is -2.47. The third-order valence-electron chi connectivity index (χ3n) is 5.06. The van der Waals surface area contributed by atoms with Crippen molar-refractivity contribution in [2.24, 2.45) is 5.92 Å². The molecular formula is C17H16N2O3. The van der Waals surface area contributed by atoms with Crippen molar-refractivity contribution < 1.29 is 14.3 Å². The van der Waals surface area contributed by atoms with E-state index < -0.39 is 5.60 Å². The van der Waals surface area contributed by atoms with Gasteiger partial charge >= 0.3 is 0 Å². The second-order valence-corrected chi connectivity index (χ2v) is 6.14. The van der Waals surface area contributed by atoms with Gasteiger partial charge in [0.1, 0.15) is 17.0 Å². The molecule has 0 saturated heterocycles. The molecule has 0 saturated carbocycles. The van der Waals surface area contributed by atoms with Gasteiger partial charge in [-0.25, -0.2) is 9.97 Å². The summed E-state index contributed by atoms with van der Waals surface area (Å²) >= 11 is 0. The number of methoxy groups -OCH3 is 1. The van der Waals surface area contributed by atoms with Gasteiger partial charge in [0.2, 0.25) is 11.6 Å². The maximum Gasteiger partial charge on any atom is 0.213 e. The molecule has 0 aliphatic heterocycles. The number of aryl methyl sites for hydroxylation is 2. The van der Waals surface area contributed by atoms with Crippen LogP contribution in [0.4, 0.5) is 0 Å². The summed E-state index contributed by atoms with van der Waals surface area (Å²) in [6, 6.07) is 0. The summed E-state index contributed by atoms with van der Waals surface area (Å²) in [5.74, 6) is -0.396. The van der Waals surface area contributed by atoms with Crippen molar-refractivity contribution >= 4 is 11.6 Å². The Bertz CT molecular complexity index is 806. The molecule has 22 heavy (non-hydrogen) atoms. The van der Waals surface area contributed by atoms with Crippen LogP contribution < -0.4 is 0 Å². The number of Topliss-reactive ketones (excluding diaryl/α,β-unsaturated/α-hetero) is 2. The zero-order valence-electron chi connectivity index (χ0n) is 12.8. The third-order valence-corrected chi connectivity index (χ3v) is 5.06. The minimum absolute atomic E-state index is 0.0139. The standard InChI is InChI=1S/C17H16N2O3/c1-8-9(2)19-14-13(18-8)15(20)11-10-4-6-17(22-3,7-5-10)12(11)16(14)21/h4,6,10H,5,7H2,1-3H3/t10-,17+/m1/s1. The largest absolute Gasteiger partial charge is 0.369 e. The van der Waals surface area contributed by atoms with Crippen LogP contribution in [0, 0.1) is 19.8 Å². The van der Waals surface area contributed by atoms with Crippen molar-refractivity contribution in [3.63, 3.8) is 0 Å². The number of allylic oxidation sites excluding steroid dienone is 2. The van der Waals surface area contributed by atoms with E-state index in [0.29, 0.717) is 22.5 Å². The van der Waals surface area contributed by atoms with Gasteiger partial charge in [-0.1, -0.05) is 12.2 Å². The topological polar surface area (TPSA) is 69.2 Å². The molecule has 0 aromatic carbocycles. The molecule has 2 bridgehead atoms. The van der Waals surface area contributed by atoms with E-state index in [1.165, 1.54) is 0 Å². The van der Waals surface area contributed by atoms with Gasteiger partial charge in [-0.15, -0.1) is 0 Å². The third kappa shape index (κ3) is 1.47. The van der Waals surface area contributed by atoms with Gasteiger partial charge in [-0.2, -0.15) is 0 Å². The summed E-state index contributed by atoms with van der Waals surface area (Å²) in [5, 5.41) is 0. The molecule has 0 fully saturated rings. The molecule has 2 atom stereocenters. The van der Waals surface area contributed by atoms with Crippen molar-refractivity contribution in [2.75, 3.05) is 7.11 Å². The fourth-order valence-electron chi connectivity index (χ4n) is 3.72. The molecule has 0 radical (unpaired) electrons. The van der Waals surface area contributed by atoms with E-state index in [2.05, 4.69) is 9.97 Å². The predicted molar refractivity (Wildman–Crippen MR) is 78.8 cm³/mol. The van der Waals surface area contributed by atoms with Crippen molar-refractivity contribution in [3.05, 3.63) is 46.1 Å². The second-order valence-electron chi connectivity index (χ2n) is 6.14. The van der Waals surface area contributed by atoms with Crippen molar-refractivity contribution in [1.29, 1.82) is 0 Å². The summed E-state index contributed by atoms with van der Waals surface area (Å²) in [6.45, 7) is 3.59. The van der Waals surface area contributed by atoms with Gasteiger partial charge in [0.05, 0.1) is 11.4 Å². The lowest BCUT2D eigenvalue weighted by molar-refractivity contribution is 0.0340. The second kappa shape index (κ2) is 4.20. The highest BCUT2D eigenvalue weighted by atomic mass is 16.5. The predicted octanol–water partition coefficient (Wildman–Crippen LogP) is 2.13. The first kappa shape index (κ1) is 13.5. The number of carbonyl (C=O) groups excluding carboxylic acids is 2. The number of aromatic nitrogens is 2. The van der Waals surface area contributed by atoms with Gasteiger partial charge in [-0.05, 0) is 26.7 Å². The minimum Gasteiger partial charge on any atom is -0.369 e. The highest BCUT2D eigenvalue weighted by Crippen LogP contribution is 2.49. The van der Waals surface area contributed by atoms with Gasteiger partial charge in [0.15, 0.2) is 0 Å². The number of fused-ring (bicyclic) bond motifs is 2. The number of rotatable bonds is 1. The molecule has 4 aliphatic carbocycles. The molecule has 0 spiro atoms. The Hall–Kier alpha value is -2.14. The lowest BCUT2D eigenvalue weighted by Gasteiger charge is -2.44. The molecule has 5 heteroatoms. The average molecular weight is 296 g/mol. The molecule has 5 rings (SSSR count). The number of nitrogens with zero attached hydrogens (tertiary/aromatic N) is 2. The van der Waals surface area contributed by atoms with Crippen LogP contribution in [0.2, 0.25) is 0 Å². The summed E-state index contributed by atoms with van der Waals surface area (Å²) in [4.78, 5) is 34.6. The molecule has 5 nitrogen and oxygen atoms in total. The van der Waals surface area contributed by atoms with Gasteiger partial charge in [0.25, 0.3) is 0 Å². The molecular weight excluding hydrogens is 280 g/mol. The van der Waals surface area contributed by atoms with Crippen LogP contribution in [0.3, 0.4) is 0 Å². The fourth-order valence-corrected chi connectivity index (χ4v) is 3.72. The Morgan fingerprint density at radius 3 is 2.32 bits per heavy atom. The van der Waals surface area contributed by atoms with E-state index in [1.807, 2.05) is 12.2 Å². The number of hydrogen-bond acceptors (Lipinski definition) is 5. The Balaban J connectivity index is 2.00. The van der Waals surface area contributed by atoms with E-state index in [4.69, 9.17) is 4.74 Å². The first-order chi connectivity index (χ1) is 10.5. The quantitative estimate of drug-likeness (QED) is 0.743. The Morgan fingerprint density at radius 1 is 1.14 bits per heavy atom. The molecule has 1 heterocycles. The first-order valence-electron chi connectivity index (χ1n) is 7.42. The fraction of sp³-hybridized carbons (Fsp3) is 0.412. The number of ketones is 2. The van der Waals surface area contributed by atoms with E-state index in [9.17, 15) is 9.59 Å². The van der Waals surface area contributed by atoms with Crippen LogP contribution in [0.15, 0.2) is 23.3 Å². The van der Waals surface area contributed by atoms with E-state index in [0.717, 1.165) is 12.8 Å². The summed E-state index contributed by atoms with van der Waals surface area (Å²) in [7, 11) is 1.58. The Kier molecular flexibility index (Phi) is 2.58. The van der Waals surface area contributed by atoms with Gasteiger partial charge in [0, 0.05) is 24.2 Å². The normalized spacial score (nSPS) is 29.0. The van der Waals surface area contributed by atoms with Crippen LogP contribution in [0.1, 0.15) is 45.2 Å². The Labute approximate surface area is 128 Å². The summed E-state index contributed by atoms with van der Waals surface area (Å²) in [5.41, 5.74) is 1.97. The van der Waals surface area contributed by atoms with Crippen LogP contribution in [-0.2, 0) is 4.74 Å². The minimum atomic E-state index is -0.783. The smallest absolute Gasteiger partial charge is 0.213 e. The highest BCUT2D eigenvalue weighted by molar-refractivity contribution is 6.27. The maximum atomic E-state index is 13.0. The molecule has 0 amide bonds. The van der Waals surface area contributed by atoms with Crippen LogP contribution in [-0.4, -0.2) is 34.2 Å². The van der Waals surface area contributed by atoms with Crippen LogP contribution in [0.5, 0.6) is 0 Å². The number of ether oxygens (including phenoxy) is 1. The lowest BCUT2D eigenvalue weighted by atomic mass is 9.63. The molecule has 1 aromatic rings. The maximum absolute atomic E-state index is 13.0. The van der Waals surface area contributed by atoms with Gasteiger partial charge < -0.3 is 4.74 Å². The van der Waals surface area contributed by atoms with E-state index >= 15 is 0 Å². The zero-order chi connectivity index (χ0) is 15.6. The molecule has 112 valence electrons. The average Bonchev–Trinajstić information content (AvgIpc) is 2.54. The van der Waals surface area contributed by atoms with Crippen LogP contribution in [0.25, 0.3) is 0 Å². The van der Waals surface area contributed by atoms with Crippen molar-refractivity contribution in [2.45, 2.75) is 32.3 Å². The van der Waals surface area contributed by atoms with Gasteiger partial charge in [-0.3, -0.25) is 9.59 Å². The number of carbonyl (C=O) groups is 2. The number of hydrogen-bond donors (Lipinski definition) is 0. The van der Waals surface area contributed by atoms with Crippen molar-refractivity contribution in [3.8, 4) is 0 Å². The molecule has 4 aliphatic rings. The SMILES string of the molecule is CO[C@@]12C=C[C@H](CC1)C1=C2C(=O)c2nc(C)c(C)nc2C1=O. The van der Waals surface area contributed by atoms with Crippen molar-refractivity contribution in [1.82, 2.24) is 9.97 Å². The summed E-state index contributed by atoms with van der Waals surface area (Å²) < 4.78 is 5.66. The molecule has 0 unspecified atom stereocenters. The van der Waals surface area contributed by atoms with E-state index in [1.54, 1.807) is 21.0 Å². The first-order valence-corrected chi connectivity index (χ1v) is 7.42. The highest BCUT2D eigenvalue weighted by Gasteiger charge is 2.52. The monoisotopic (exact) mass is 296 g/mol. The summed E-state index contributed by atoms with van der Waals surface area (Å²) in [6.07, 6.45) is 5.44. The van der Waals surface area contributed by atoms with Crippen LogP contribution >= 0.6 is 0 Å². The zero-order valence-corrected chi connectivity index (χ0v) is 12.8. The molecule has 1 aromatic heterocycles.